The molecule has 0 heterocycles. The van der Waals surface area contributed by atoms with Crippen molar-refractivity contribution in [2.75, 3.05) is 6.26 Å². The van der Waals surface area contributed by atoms with Gasteiger partial charge in [0.1, 0.15) is 0 Å². The zero-order valence-corrected chi connectivity index (χ0v) is 9.53. The minimum absolute atomic E-state index is 0.0725. The first-order chi connectivity index (χ1) is 6.05. The van der Waals surface area contributed by atoms with E-state index >= 15 is 0 Å². The minimum atomic E-state index is -0.0725. The van der Waals surface area contributed by atoms with Crippen LogP contribution in [0.3, 0.4) is 0 Å². The van der Waals surface area contributed by atoms with E-state index in [1.807, 2.05) is 12.4 Å². The Labute approximate surface area is 84.6 Å². The minimum Gasteiger partial charge on any atom is -0.272 e. The van der Waals surface area contributed by atoms with Gasteiger partial charge in [0.05, 0.1) is 5.54 Å². The van der Waals surface area contributed by atoms with Crippen LogP contribution in [0.5, 0.6) is 0 Å². The first kappa shape index (κ1) is 12.3. The second-order valence-corrected chi connectivity index (χ2v) is 4.22. The van der Waals surface area contributed by atoms with E-state index in [-0.39, 0.29) is 5.54 Å². The molecule has 0 aliphatic rings. The molecule has 13 heavy (non-hydrogen) atoms. The molecule has 1 N–H and O–H groups in total. The Morgan fingerprint density at radius 3 is 2.62 bits per heavy atom. The Bertz CT molecular complexity index is 215. The summed E-state index contributed by atoms with van der Waals surface area (Å²) < 4.78 is 0. The third-order valence-electron chi connectivity index (χ3n) is 1.62. The molecule has 74 valence electrons. The Hall–Kier alpha value is -0.690. The van der Waals surface area contributed by atoms with Crippen LogP contribution in [0.2, 0.25) is 0 Å². The molecule has 0 aromatic carbocycles. The van der Waals surface area contributed by atoms with Crippen LogP contribution in [0.1, 0.15) is 33.6 Å². The average Bonchev–Trinajstić information content (AvgIpc) is 2.03. The second-order valence-electron chi connectivity index (χ2n) is 3.42. The third-order valence-corrected chi connectivity index (χ3v) is 2.20. The maximum atomic E-state index is 8.44. The maximum Gasteiger partial charge on any atom is 0.183 e. The van der Waals surface area contributed by atoms with Crippen molar-refractivity contribution < 1.29 is 0 Å². The van der Waals surface area contributed by atoms with Gasteiger partial charge in [0.2, 0.25) is 0 Å². The summed E-state index contributed by atoms with van der Waals surface area (Å²) in [7, 11) is 0. The summed E-state index contributed by atoms with van der Waals surface area (Å²) >= 11 is 1.46. The number of nitrogens with zero attached hydrogens (tertiary/aromatic N) is 2. The van der Waals surface area contributed by atoms with Gasteiger partial charge in [0, 0.05) is 0 Å². The number of nitriles is 1. The zero-order valence-electron chi connectivity index (χ0n) is 8.72. The Morgan fingerprint density at radius 2 is 2.23 bits per heavy atom. The van der Waals surface area contributed by atoms with E-state index in [0.29, 0.717) is 5.17 Å². The van der Waals surface area contributed by atoms with Crippen LogP contribution in [-0.2, 0) is 0 Å². The van der Waals surface area contributed by atoms with Crippen molar-refractivity contribution in [2.45, 2.75) is 39.2 Å². The fourth-order valence-corrected chi connectivity index (χ4v) is 1.60. The standard InChI is InChI=1S/C9H17N3S/c1-5-6-9(2,3)12-8(13-4)11-7-10/h5-6H2,1-4H3,(H,11,12). The molecule has 0 unspecified atom stereocenters. The van der Waals surface area contributed by atoms with Crippen molar-refractivity contribution >= 4 is 16.9 Å². The van der Waals surface area contributed by atoms with Crippen molar-refractivity contribution in [1.29, 1.82) is 5.26 Å². The molecule has 0 bridgehead atoms. The van der Waals surface area contributed by atoms with Crippen LogP contribution < -0.4 is 5.32 Å². The van der Waals surface area contributed by atoms with Gasteiger partial charge in [-0.3, -0.25) is 10.3 Å². The molecular weight excluding hydrogens is 182 g/mol. The smallest absolute Gasteiger partial charge is 0.183 e. The number of hydrogen-bond donors (Lipinski definition) is 1. The lowest BCUT2D eigenvalue weighted by molar-refractivity contribution is 0.474. The molecular formula is C9H17N3S. The van der Waals surface area contributed by atoms with Gasteiger partial charge >= 0.3 is 0 Å². The molecule has 0 rings (SSSR count). The molecule has 0 aliphatic heterocycles. The summed E-state index contributed by atoms with van der Waals surface area (Å²) in [6.07, 6.45) is 5.92. The van der Waals surface area contributed by atoms with E-state index in [0.717, 1.165) is 12.8 Å². The van der Waals surface area contributed by atoms with Crippen LogP contribution in [0.15, 0.2) is 4.99 Å². The highest BCUT2D eigenvalue weighted by Gasteiger charge is 2.15. The highest BCUT2D eigenvalue weighted by Crippen LogP contribution is 2.17. The fourth-order valence-electron chi connectivity index (χ4n) is 1.12. The lowest BCUT2D eigenvalue weighted by Gasteiger charge is -2.19. The van der Waals surface area contributed by atoms with E-state index in [1.165, 1.54) is 11.8 Å². The summed E-state index contributed by atoms with van der Waals surface area (Å²) in [5, 5.41) is 11.7. The first-order valence-corrected chi connectivity index (χ1v) is 5.57. The van der Waals surface area contributed by atoms with Crippen LogP contribution in [0, 0.1) is 11.5 Å². The van der Waals surface area contributed by atoms with Gasteiger partial charge in [-0.1, -0.05) is 25.1 Å². The molecule has 3 nitrogen and oxygen atoms in total. The van der Waals surface area contributed by atoms with Gasteiger partial charge in [-0.15, -0.1) is 0 Å². The van der Waals surface area contributed by atoms with Gasteiger partial charge < -0.3 is 0 Å². The highest BCUT2D eigenvalue weighted by atomic mass is 32.2. The highest BCUT2D eigenvalue weighted by molar-refractivity contribution is 8.13. The number of amidine groups is 1. The van der Waals surface area contributed by atoms with Gasteiger partial charge in [-0.2, -0.15) is 5.26 Å². The molecule has 0 saturated carbocycles. The summed E-state index contributed by atoms with van der Waals surface area (Å²) in [4.78, 5) is 4.45. The van der Waals surface area contributed by atoms with Crippen molar-refractivity contribution in [3.05, 3.63) is 0 Å². The number of nitrogens with one attached hydrogen (secondary N) is 1. The number of rotatable bonds is 3. The molecule has 0 aromatic heterocycles. The largest absolute Gasteiger partial charge is 0.272 e. The normalized spacial score (nSPS) is 12.4. The Kier molecular flexibility index (Phi) is 5.56. The van der Waals surface area contributed by atoms with E-state index in [9.17, 15) is 0 Å². The molecule has 0 amide bonds. The Morgan fingerprint density at radius 1 is 1.62 bits per heavy atom. The van der Waals surface area contributed by atoms with Crippen LogP contribution in [0.4, 0.5) is 0 Å². The third kappa shape index (κ3) is 5.53. The SMILES string of the molecule is CCCC(C)(C)N=C(NC#N)SC. The topological polar surface area (TPSA) is 48.2 Å². The van der Waals surface area contributed by atoms with Crippen molar-refractivity contribution in [1.82, 2.24) is 5.32 Å². The van der Waals surface area contributed by atoms with Gasteiger partial charge in [-0.25, -0.2) is 0 Å². The lowest BCUT2D eigenvalue weighted by Crippen LogP contribution is -2.23. The second kappa shape index (κ2) is 5.87. The summed E-state index contributed by atoms with van der Waals surface area (Å²) in [6.45, 7) is 6.28. The van der Waals surface area contributed by atoms with Crippen molar-refractivity contribution in [3.63, 3.8) is 0 Å². The van der Waals surface area contributed by atoms with Crippen molar-refractivity contribution in [2.24, 2.45) is 4.99 Å². The molecule has 4 heteroatoms. The predicted octanol–water partition coefficient (Wildman–Crippen LogP) is 2.35. The van der Waals surface area contributed by atoms with Crippen LogP contribution >= 0.6 is 11.8 Å². The molecule has 0 saturated heterocycles. The van der Waals surface area contributed by atoms with E-state index < -0.39 is 0 Å². The van der Waals surface area contributed by atoms with Crippen molar-refractivity contribution in [3.8, 4) is 6.19 Å². The Balaban J connectivity index is 4.39. The molecule has 0 radical (unpaired) electrons. The molecule has 0 fully saturated rings. The summed E-state index contributed by atoms with van der Waals surface area (Å²) in [6, 6.07) is 0. The van der Waals surface area contributed by atoms with Gasteiger partial charge in [0.15, 0.2) is 11.4 Å². The number of thioether (sulfide) groups is 1. The van der Waals surface area contributed by atoms with Gasteiger partial charge in [0.25, 0.3) is 0 Å². The lowest BCUT2D eigenvalue weighted by atomic mass is 10.0. The monoisotopic (exact) mass is 199 g/mol. The summed E-state index contributed by atoms with van der Waals surface area (Å²) in [5.41, 5.74) is -0.0725. The predicted molar refractivity (Wildman–Crippen MR) is 58.7 cm³/mol. The van der Waals surface area contributed by atoms with Crippen LogP contribution in [-0.4, -0.2) is 17.0 Å². The quantitative estimate of drug-likeness (QED) is 0.328. The van der Waals surface area contributed by atoms with E-state index in [4.69, 9.17) is 5.26 Å². The fraction of sp³-hybridized carbons (Fsp3) is 0.778. The first-order valence-electron chi connectivity index (χ1n) is 4.34. The molecule has 0 aliphatic carbocycles. The molecule has 0 aromatic rings. The van der Waals surface area contributed by atoms with E-state index in [2.05, 4.69) is 31.1 Å². The molecule has 0 spiro atoms. The van der Waals surface area contributed by atoms with Crippen LogP contribution in [0.25, 0.3) is 0 Å². The zero-order chi connectivity index (χ0) is 10.3. The van der Waals surface area contributed by atoms with E-state index in [1.54, 1.807) is 0 Å². The maximum absolute atomic E-state index is 8.44. The molecule has 0 atom stereocenters. The summed E-state index contributed by atoms with van der Waals surface area (Å²) in [5.74, 6) is 0. The number of hydrogen-bond acceptors (Lipinski definition) is 3. The number of aliphatic imine (C=N–C) groups is 1. The van der Waals surface area contributed by atoms with Gasteiger partial charge in [-0.05, 0) is 26.5 Å². The average molecular weight is 199 g/mol.